The smallest absolute Gasteiger partial charge is 0.197 e. The molecule has 2 rings (SSSR count). The van der Waals surface area contributed by atoms with Gasteiger partial charge in [-0.3, -0.25) is 4.79 Å². The number of halogens is 1. The van der Waals surface area contributed by atoms with Crippen molar-refractivity contribution < 1.29 is 9.53 Å². The largest absolute Gasteiger partial charge is 0.496 e. The van der Waals surface area contributed by atoms with Gasteiger partial charge in [-0.1, -0.05) is 28.1 Å². The van der Waals surface area contributed by atoms with Crippen LogP contribution < -0.4 is 10.5 Å². The number of methoxy groups -OCH3 is 1. The Labute approximate surface area is 133 Å². The molecule has 0 saturated carbocycles. The third-order valence-electron chi connectivity index (χ3n) is 3.63. The molecule has 21 heavy (non-hydrogen) atoms. The molecule has 0 fully saturated rings. The van der Waals surface area contributed by atoms with Crippen molar-refractivity contribution >= 4 is 27.4 Å². The molecular weight excluding hydrogens is 330 g/mol. The Morgan fingerprint density at radius 1 is 1.14 bits per heavy atom. The van der Waals surface area contributed by atoms with Crippen LogP contribution in [0, 0.1) is 20.8 Å². The summed E-state index contributed by atoms with van der Waals surface area (Å²) in [5.74, 6) is 0.528. The summed E-state index contributed by atoms with van der Waals surface area (Å²) in [6.07, 6.45) is 0. The SMILES string of the molecule is COc1c(C)cc(Br)c(C)c1C(=O)c1ccc(C)c(N)c1. The Morgan fingerprint density at radius 2 is 1.81 bits per heavy atom. The molecule has 0 unspecified atom stereocenters. The molecule has 2 aromatic rings. The van der Waals surface area contributed by atoms with Crippen LogP contribution >= 0.6 is 15.9 Å². The zero-order chi connectivity index (χ0) is 15.7. The number of ether oxygens (including phenoxy) is 1. The van der Waals surface area contributed by atoms with Gasteiger partial charge in [-0.2, -0.15) is 0 Å². The van der Waals surface area contributed by atoms with E-state index in [0.29, 0.717) is 22.6 Å². The lowest BCUT2D eigenvalue weighted by atomic mass is 9.95. The molecule has 0 atom stereocenters. The Hall–Kier alpha value is -1.81. The molecule has 0 aliphatic carbocycles. The molecule has 0 radical (unpaired) electrons. The third kappa shape index (κ3) is 2.81. The van der Waals surface area contributed by atoms with Crippen molar-refractivity contribution in [1.29, 1.82) is 0 Å². The van der Waals surface area contributed by atoms with E-state index in [2.05, 4.69) is 15.9 Å². The van der Waals surface area contributed by atoms with Crippen molar-refractivity contribution in [3.8, 4) is 5.75 Å². The quantitative estimate of drug-likeness (QED) is 0.668. The fourth-order valence-corrected chi connectivity index (χ4v) is 2.85. The van der Waals surface area contributed by atoms with Crippen molar-refractivity contribution in [3.05, 3.63) is 56.6 Å². The summed E-state index contributed by atoms with van der Waals surface area (Å²) in [6.45, 7) is 5.73. The van der Waals surface area contributed by atoms with Crippen molar-refractivity contribution in [1.82, 2.24) is 0 Å². The van der Waals surface area contributed by atoms with Gasteiger partial charge in [0.05, 0.1) is 12.7 Å². The van der Waals surface area contributed by atoms with E-state index >= 15 is 0 Å². The first-order valence-electron chi connectivity index (χ1n) is 6.61. The van der Waals surface area contributed by atoms with Crippen molar-refractivity contribution in [2.45, 2.75) is 20.8 Å². The van der Waals surface area contributed by atoms with E-state index in [9.17, 15) is 4.79 Å². The van der Waals surface area contributed by atoms with Crippen LogP contribution in [0.4, 0.5) is 5.69 Å². The fourth-order valence-electron chi connectivity index (χ4n) is 2.31. The van der Waals surface area contributed by atoms with E-state index < -0.39 is 0 Å². The second-order valence-corrected chi connectivity index (χ2v) is 5.96. The van der Waals surface area contributed by atoms with E-state index in [4.69, 9.17) is 10.5 Å². The summed E-state index contributed by atoms with van der Waals surface area (Å²) >= 11 is 3.49. The fraction of sp³-hybridized carbons (Fsp3) is 0.235. The highest BCUT2D eigenvalue weighted by Crippen LogP contribution is 2.34. The summed E-state index contributed by atoms with van der Waals surface area (Å²) in [6, 6.07) is 7.32. The van der Waals surface area contributed by atoms with E-state index in [0.717, 1.165) is 21.2 Å². The highest BCUT2D eigenvalue weighted by molar-refractivity contribution is 9.10. The highest BCUT2D eigenvalue weighted by atomic mass is 79.9. The van der Waals surface area contributed by atoms with Gasteiger partial charge >= 0.3 is 0 Å². The number of nitrogen functional groups attached to an aromatic ring is 1. The molecule has 0 amide bonds. The number of carbonyl (C=O) groups excluding carboxylic acids is 1. The van der Waals surface area contributed by atoms with E-state index in [-0.39, 0.29) is 5.78 Å². The highest BCUT2D eigenvalue weighted by Gasteiger charge is 2.21. The Kier molecular flexibility index (Phi) is 4.37. The molecule has 3 nitrogen and oxygen atoms in total. The molecular formula is C17H18BrNO2. The first-order chi connectivity index (χ1) is 9.86. The van der Waals surface area contributed by atoms with Crippen LogP contribution in [-0.4, -0.2) is 12.9 Å². The van der Waals surface area contributed by atoms with Crippen molar-refractivity contribution in [3.63, 3.8) is 0 Å². The molecule has 0 bridgehead atoms. The molecule has 0 aromatic heterocycles. The number of anilines is 1. The third-order valence-corrected chi connectivity index (χ3v) is 4.46. The second kappa shape index (κ2) is 5.90. The number of hydrogen-bond acceptors (Lipinski definition) is 3. The maximum absolute atomic E-state index is 12.9. The van der Waals surface area contributed by atoms with E-state index in [1.807, 2.05) is 32.9 Å². The minimum atomic E-state index is -0.0829. The molecule has 4 heteroatoms. The average Bonchev–Trinajstić information content (AvgIpc) is 2.44. The standard InChI is InChI=1S/C17H18BrNO2/c1-9-5-6-12(8-14(9)19)16(20)15-11(3)13(18)7-10(2)17(15)21-4/h5-8H,19H2,1-4H3. The van der Waals surface area contributed by atoms with E-state index in [1.165, 1.54) is 0 Å². The molecule has 0 aliphatic rings. The minimum Gasteiger partial charge on any atom is -0.496 e. The summed E-state index contributed by atoms with van der Waals surface area (Å²) in [5, 5.41) is 0. The number of carbonyl (C=O) groups is 1. The van der Waals surface area contributed by atoms with Crippen LogP contribution in [0.5, 0.6) is 5.75 Å². The summed E-state index contributed by atoms with van der Waals surface area (Å²) in [5.41, 5.74) is 10.4. The van der Waals surface area contributed by atoms with Gasteiger partial charge in [0.1, 0.15) is 5.75 Å². The number of nitrogens with two attached hydrogens (primary N) is 1. The van der Waals surface area contributed by atoms with Gasteiger partial charge in [0.2, 0.25) is 0 Å². The maximum atomic E-state index is 12.9. The van der Waals surface area contributed by atoms with E-state index in [1.54, 1.807) is 19.2 Å². The Bertz CT molecular complexity index is 723. The van der Waals surface area contributed by atoms with Gasteiger partial charge in [-0.15, -0.1) is 0 Å². The number of ketones is 1. The number of rotatable bonds is 3. The normalized spacial score (nSPS) is 10.5. The van der Waals surface area contributed by atoms with Crippen LogP contribution in [0.2, 0.25) is 0 Å². The van der Waals surface area contributed by atoms with Crippen LogP contribution in [0.25, 0.3) is 0 Å². The Morgan fingerprint density at radius 3 is 2.38 bits per heavy atom. The van der Waals surface area contributed by atoms with Gasteiger partial charge in [-0.05, 0) is 49.6 Å². The molecule has 110 valence electrons. The average molecular weight is 348 g/mol. The van der Waals surface area contributed by atoms with Gasteiger partial charge in [-0.25, -0.2) is 0 Å². The lowest BCUT2D eigenvalue weighted by Gasteiger charge is -2.15. The van der Waals surface area contributed by atoms with Crippen molar-refractivity contribution in [2.24, 2.45) is 0 Å². The monoisotopic (exact) mass is 347 g/mol. The van der Waals surface area contributed by atoms with Gasteiger partial charge in [0, 0.05) is 15.7 Å². The predicted molar refractivity (Wildman–Crippen MR) is 89.2 cm³/mol. The molecule has 2 N–H and O–H groups in total. The summed E-state index contributed by atoms with van der Waals surface area (Å²) < 4.78 is 6.33. The number of aryl methyl sites for hydroxylation is 2. The molecule has 0 aliphatic heterocycles. The van der Waals surface area contributed by atoms with Crippen LogP contribution in [0.15, 0.2) is 28.7 Å². The molecule has 0 spiro atoms. The second-order valence-electron chi connectivity index (χ2n) is 5.11. The van der Waals surface area contributed by atoms with Crippen LogP contribution in [0.3, 0.4) is 0 Å². The van der Waals surface area contributed by atoms with Crippen molar-refractivity contribution in [2.75, 3.05) is 12.8 Å². The number of hydrogen-bond donors (Lipinski definition) is 1. The molecule has 0 saturated heterocycles. The van der Waals surface area contributed by atoms with Gasteiger partial charge in [0.15, 0.2) is 5.78 Å². The summed E-state index contributed by atoms with van der Waals surface area (Å²) in [7, 11) is 1.58. The van der Waals surface area contributed by atoms with Gasteiger partial charge < -0.3 is 10.5 Å². The minimum absolute atomic E-state index is 0.0829. The summed E-state index contributed by atoms with van der Waals surface area (Å²) in [4.78, 5) is 12.9. The number of benzene rings is 2. The van der Waals surface area contributed by atoms with Gasteiger partial charge in [0.25, 0.3) is 0 Å². The molecule has 2 aromatic carbocycles. The maximum Gasteiger partial charge on any atom is 0.197 e. The lowest BCUT2D eigenvalue weighted by molar-refractivity contribution is 0.103. The zero-order valence-corrected chi connectivity index (χ0v) is 14.2. The van der Waals surface area contributed by atoms with Crippen LogP contribution in [-0.2, 0) is 0 Å². The molecule has 0 heterocycles. The Balaban J connectivity index is 2.65. The van der Waals surface area contributed by atoms with Crippen LogP contribution in [0.1, 0.15) is 32.6 Å². The first kappa shape index (κ1) is 15.6. The zero-order valence-electron chi connectivity index (χ0n) is 12.6. The first-order valence-corrected chi connectivity index (χ1v) is 7.40. The lowest BCUT2D eigenvalue weighted by Crippen LogP contribution is -2.09. The topological polar surface area (TPSA) is 52.3 Å². The predicted octanol–water partition coefficient (Wildman–Crippen LogP) is 4.20.